The molecule has 0 aliphatic carbocycles. The van der Waals surface area contributed by atoms with Gasteiger partial charge in [0.25, 0.3) is 0 Å². The molecule has 1 unspecified atom stereocenters. The van der Waals surface area contributed by atoms with Crippen molar-refractivity contribution in [3.8, 4) is 0 Å². The van der Waals surface area contributed by atoms with Crippen LogP contribution in [0.5, 0.6) is 0 Å². The standard InChI is InChI=1S/C4H10ClN.2Na.H3O4P.2H/c1-2-3-4(5)6;;;1-5(2,3)4;;/h4H,2-3,6H2,1H3;;;(H3,1,2,3,4);;. The van der Waals surface area contributed by atoms with E-state index in [1.807, 2.05) is 0 Å². The van der Waals surface area contributed by atoms with Gasteiger partial charge in [-0.1, -0.05) is 13.3 Å². The van der Waals surface area contributed by atoms with E-state index in [1.165, 1.54) is 0 Å². The first-order valence-corrected chi connectivity index (χ1v) is 4.95. The summed E-state index contributed by atoms with van der Waals surface area (Å²) in [5, 5.41) is 0. The minimum atomic E-state index is -4.64. The summed E-state index contributed by atoms with van der Waals surface area (Å²) >= 11 is 5.36. The molecule has 0 fully saturated rings. The van der Waals surface area contributed by atoms with E-state index >= 15 is 0 Å². The Balaban J connectivity index is -0.0000000546. The molecule has 0 spiro atoms. The van der Waals surface area contributed by atoms with Crippen molar-refractivity contribution >= 4 is 78.5 Å². The third-order valence-corrected chi connectivity index (χ3v) is 0.783. The van der Waals surface area contributed by atoms with Crippen LogP contribution in [0.4, 0.5) is 0 Å². The summed E-state index contributed by atoms with van der Waals surface area (Å²) in [4.78, 5) is 21.6. The predicted octanol–water partition coefficient (Wildman–Crippen LogP) is -0.915. The molecular weight excluding hydrogens is 238 g/mol. The molecule has 0 aliphatic rings. The number of phosphoric acid groups is 1. The fraction of sp³-hybridized carbons (Fsp3) is 1.00. The van der Waals surface area contributed by atoms with Gasteiger partial charge in [0.2, 0.25) is 0 Å². The molecule has 5 nitrogen and oxygen atoms in total. The molecule has 0 aromatic carbocycles. The van der Waals surface area contributed by atoms with Gasteiger partial charge in [0.1, 0.15) is 0 Å². The van der Waals surface area contributed by atoms with Gasteiger partial charge in [0.05, 0.1) is 5.50 Å². The molecular formula is C4H15ClNNa2O4P. The summed E-state index contributed by atoms with van der Waals surface area (Å²) < 4.78 is 8.88. The van der Waals surface area contributed by atoms with Crippen molar-refractivity contribution in [2.75, 3.05) is 0 Å². The Bertz CT molecular complexity index is 125. The second-order valence-corrected chi connectivity index (χ2v) is 3.41. The number of rotatable bonds is 2. The maximum absolute atomic E-state index is 8.88. The van der Waals surface area contributed by atoms with Gasteiger partial charge < -0.3 is 20.4 Å². The van der Waals surface area contributed by atoms with Crippen LogP contribution < -0.4 is 5.73 Å². The van der Waals surface area contributed by atoms with Crippen LogP contribution in [0.1, 0.15) is 19.8 Å². The Labute approximate surface area is 127 Å². The molecule has 9 heteroatoms. The SMILES string of the molecule is CCCC(N)Cl.O=P(O)(O)O.[NaH].[NaH]. The van der Waals surface area contributed by atoms with Gasteiger partial charge in [-0.05, 0) is 6.42 Å². The van der Waals surface area contributed by atoms with Crippen molar-refractivity contribution in [2.45, 2.75) is 25.3 Å². The Hall–Kier alpha value is 2.36. The van der Waals surface area contributed by atoms with Crippen LogP contribution in [0.2, 0.25) is 0 Å². The molecule has 0 radical (unpaired) electrons. The molecule has 0 rings (SSSR count). The zero-order chi connectivity index (χ0) is 9.49. The van der Waals surface area contributed by atoms with Gasteiger partial charge in [-0.15, -0.1) is 11.6 Å². The zero-order valence-electron chi connectivity index (χ0n) is 6.14. The van der Waals surface area contributed by atoms with E-state index in [1.54, 1.807) is 0 Å². The van der Waals surface area contributed by atoms with Gasteiger partial charge in [-0.2, -0.15) is 0 Å². The quantitative estimate of drug-likeness (QED) is 0.221. The van der Waals surface area contributed by atoms with Gasteiger partial charge in [-0.3, -0.25) is 0 Å². The molecule has 74 valence electrons. The molecule has 5 N–H and O–H groups in total. The van der Waals surface area contributed by atoms with E-state index in [9.17, 15) is 0 Å². The van der Waals surface area contributed by atoms with E-state index in [4.69, 9.17) is 36.6 Å². The van der Waals surface area contributed by atoms with Crippen LogP contribution in [0, 0.1) is 0 Å². The summed E-state index contributed by atoms with van der Waals surface area (Å²) in [7, 11) is -4.64. The predicted molar refractivity (Wildman–Crippen MR) is 57.3 cm³/mol. The third-order valence-electron chi connectivity index (χ3n) is 0.564. The first-order chi connectivity index (χ1) is 4.77. The second-order valence-electron chi connectivity index (χ2n) is 1.82. The number of halogens is 1. The van der Waals surface area contributed by atoms with Crippen molar-refractivity contribution in [3.63, 3.8) is 0 Å². The van der Waals surface area contributed by atoms with Crippen LogP contribution in [0.15, 0.2) is 0 Å². The van der Waals surface area contributed by atoms with Crippen molar-refractivity contribution < 1.29 is 19.2 Å². The minimum absolute atomic E-state index is 0. The van der Waals surface area contributed by atoms with E-state index in [2.05, 4.69) is 6.92 Å². The van der Waals surface area contributed by atoms with Gasteiger partial charge >= 0.3 is 66.9 Å². The summed E-state index contributed by atoms with van der Waals surface area (Å²) in [5.41, 5.74) is 5.04. The molecule has 0 aromatic heterocycles. The van der Waals surface area contributed by atoms with E-state index in [-0.39, 0.29) is 64.6 Å². The number of alkyl halides is 1. The molecule has 1 atom stereocenters. The number of hydrogen-bond acceptors (Lipinski definition) is 2. The summed E-state index contributed by atoms with van der Waals surface area (Å²) in [5.74, 6) is 0. The van der Waals surface area contributed by atoms with E-state index in [0.29, 0.717) is 0 Å². The average molecular weight is 254 g/mol. The van der Waals surface area contributed by atoms with Crippen molar-refractivity contribution in [2.24, 2.45) is 5.73 Å². The topological polar surface area (TPSA) is 104 Å². The van der Waals surface area contributed by atoms with Crippen LogP contribution in [-0.2, 0) is 4.57 Å². The van der Waals surface area contributed by atoms with Crippen molar-refractivity contribution in [3.05, 3.63) is 0 Å². The Kier molecular flexibility index (Phi) is 27.1. The van der Waals surface area contributed by atoms with Crippen LogP contribution >= 0.6 is 19.4 Å². The maximum atomic E-state index is 8.88. The van der Waals surface area contributed by atoms with E-state index < -0.39 is 7.82 Å². The fourth-order valence-corrected chi connectivity index (χ4v) is 0.494. The third kappa shape index (κ3) is 76.4. The van der Waals surface area contributed by atoms with Crippen LogP contribution in [0.3, 0.4) is 0 Å². The van der Waals surface area contributed by atoms with Crippen LogP contribution in [-0.4, -0.2) is 79.3 Å². The second kappa shape index (κ2) is 14.4. The number of nitrogens with two attached hydrogens (primary N) is 1. The van der Waals surface area contributed by atoms with Crippen molar-refractivity contribution in [1.29, 1.82) is 0 Å². The first kappa shape index (κ1) is 24.5. The zero-order valence-corrected chi connectivity index (χ0v) is 7.79. The average Bonchev–Trinajstić information content (AvgIpc) is 1.58. The normalized spacial score (nSPS) is 11.2. The molecule has 0 amide bonds. The monoisotopic (exact) mass is 253 g/mol. The van der Waals surface area contributed by atoms with Crippen molar-refractivity contribution in [1.82, 2.24) is 0 Å². The van der Waals surface area contributed by atoms with Gasteiger partial charge in [0.15, 0.2) is 0 Å². The molecule has 0 saturated carbocycles. The Morgan fingerprint density at radius 3 is 1.62 bits per heavy atom. The summed E-state index contributed by atoms with van der Waals surface area (Å²) in [6.07, 6.45) is 1.99. The fourth-order valence-electron chi connectivity index (χ4n) is 0.276. The van der Waals surface area contributed by atoms with Gasteiger partial charge in [0, 0.05) is 0 Å². The van der Waals surface area contributed by atoms with Crippen LogP contribution in [0.25, 0.3) is 0 Å². The first-order valence-electron chi connectivity index (χ1n) is 2.95. The Morgan fingerprint density at radius 2 is 1.62 bits per heavy atom. The Morgan fingerprint density at radius 1 is 1.38 bits per heavy atom. The molecule has 0 aliphatic heterocycles. The summed E-state index contributed by atoms with van der Waals surface area (Å²) in [6.45, 7) is 2.06. The number of hydrogen-bond donors (Lipinski definition) is 4. The molecule has 0 heterocycles. The molecule has 0 bridgehead atoms. The van der Waals surface area contributed by atoms with E-state index in [0.717, 1.165) is 12.8 Å². The molecule has 0 saturated heterocycles. The summed E-state index contributed by atoms with van der Waals surface area (Å²) in [6, 6.07) is 0. The van der Waals surface area contributed by atoms with Gasteiger partial charge in [-0.25, -0.2) is 4.57 Å². The molecule has 0 aromatic rings. The molecule has 13 heavy (non-hydrogen) atoms.